The van der Waals surface area contributed by atoms with Crippen molar-refractivity contribution in [3.63, 3.8) is 0 Å². The maximum absolute atomic E-state index is 6.00. The minimum Gasteiger partial charge on any atom is -0.493 e. The summed E-state index contributed by atoms with van der Waals surface area (Å²) >= 11 is 0. The smallest absolute Gasteiger partial charge is 0.176 e. The molecule has 1 unspecified atom stereocenters. The van der Waals surface area contributed by atoms with Gasteiger partial charge in [-0.2, -0.15) is 0 Å². The van der Waals surface area contributed by atoms with E-state index in [1.807, 2.05) is 12.1 Å². The highest BCUT2D eigenvalue weighted by Crippen LogP contribution is 2.31. The summed E-state index contributed by atoms with van der Waals surface area (Å²) < 4.78 is 11.4. The Morgan fingerprint density at radius 3 is 2.76 bits per heavy atom. The molecule has 4 nitrogen and oxygen atoms in total. The Hall–Kier alpha value is -1.52. The summed E-state index contributed by atoms with van der Waals surface area (Å²) in [6, 6.07) is 9.18. The van der Waals surface area contributed by atoms with Crippen molar-refractivity contribution in [2.75, 3.05) is 7.11 Å². The summed E-state index contributed by atoms with van der Waals surface area (Å²) in [5, 5.41) is 4.75. The first kappa shape index (κ1) is 14.4. The number of para-hydroxylation sites is 1. The maximum atomic E-state index is 6.00. The van der Waals surface area contributed by atoms with E-state index >= 15 is 0 Å². The number of rotatable bonds is 4. The Bertz CT molecular complexity index is 600. The molecule has 1 aromatic heterocycles. The molecular weight excluding hydrogens is 264 g/mol. The van der Waals surface area contributed by atoms with Gasteiger partial charge >= 0.3 is 0 Å². The number of methoxy groups -OCH3 is 1. The number of hydrogen-bond donors (Lipinski definition) is 2. The Morgan fingerprint density at radius 1 is 1.29 bits per heavy atom. The SMILES string of the molecule is COc1cccc2cc(C(C)NC3CCC(N)CC3)oc12. The molecule has 0 bridgehead atoms. The summed E-state index contributed by atoms with van der Waals surface area (Å²) in [6.45, 7) is 2.15. The van der Waals surface area contributed by atoms with Gasteiger partial charge in [-0.05, 0) is 44.7 Å². The third-order valence-electron chi connectivity index (χ3n) is 4.43. The molecule has 1 saturated carbocycles. The highest BCUT2D eigenvalue weighted by atomic mass is 16.5. The molecule has 21 heavy (non-hydrogen) atoms. The Kier molecular flexibility index (Phi) is 4.17. The molecular formula is C17H24N2O2. The number of nitrogens with one attached hydrogen (secondary N) is 1. The van der Waals surface area contributed by atoms with E-state index in [4.69, 9.17) is 14.9 Å². The summed E-state index contributed by atoms with van der Waals surface area (Å²) in [5.41, 5.74) is 6.79. The van der Waals surface area contributed by atoms with Crippen LogP contribution in [0.1, 0.15) is 44.4 Å². The van der Waals surface area contributed by atoms with Crippen LogP contribution in [0.5, 0.6) is 5.75 Å². The lowest BCUT2D eigenvalue weighted by Gasteiger charge is -2.28. The highest BCUT2D eigenvalue weighted by Gasteiger charge is 2.22. The monoisotopic (exact) mass is 288 g/mol. The highest BCUT2D eigenvalue weighted by molar-refractivity contribution is 5.83. The van der Waals surface area contributed by atoms with Crippen LogP contribution in [0.2, 0.25) is 0 Å². The van der Waals surface area contributed by atoms with E-state index in [2.05, 4.69) is 24.4 Å². The lowest BCUT2D eigenvalue weighted by atomic mass is 9.91. The van der Waals surface area contributed by atoms with Gasteiger partial charge in [0.2, 0.25) is 0 Å². The minimum atomic E-state index is 0.196. The van der Waals surface area contributed by atoms with E-state index in [9.17, 15) is 0 Å². The molecule has 114 valence electrons. The van der Waals surface area contributed by atoms with Crippen molar-refractivity contribution in [1.82, 2.24) is 5.32 Å². The third kappa shape index (κ3) is 3.06. The van der Waals surface area contributed by atoms with E-state index in [-0.39, 0.29) is 6.04 Å². The van der Waals surface area contributed by atoms with Crippen LogP contribution < -0.4 is 15.8 Å². The quantitative estimate of drug-likeness (QED) is 0.905. The fraction of sp³-hybridized carbons (Fsp3) is 0.529. The number of furan rings is 1. The van der Waals surface area contributed by atoms with Crippen molar-refractivity contribution >= 4 is 11.0 Å². The van der Waals surface area contributed by atoms with Crippen LogP contribution in [0, 0.1) is 0 Å². The molecule has 4 heteroatoms. The summed E-state index contributed by atoms with van der Waals surface area (Å²) in [6.07, 6.45) is 4.51. The van der Waals surface area contributed by atoms with Gasteiger partial charge in [0.25, 0.3) is 0 Å². The summed E-state index contributed by atoms with van der Waals surface area (Å²) in [4.78, 5) is 0. The van der Waals surface area contributed by atoms with Crippen LogP contribution in [-0.4, -0.2) is 19.2 Å². The second kappa shape index (κ2) is 6.08. The van der Waals surface area contributed by atoms with Crippen LogP contribution >= 0.6 is 0 Å². The molecule has 0 saturated heterocycles. The molecule has 2 aromatic rings. The van der Waals surface area contributed by atoms with E-state index < -0.39 is 0 Å². The Balaban J connectivity index is 1.74. The average molecular weight is 288 g/mol. The number of benzene rings is 1. The Morgan fingerprint density at radius 2 is 2.05 bits per heavy atom. The second-order valence-corrected chi connectivity index (χ2v) is 6.03. The van der Waals surface area contributed by atoms with Gasteiger partial charge in [-0.3, -0.25) is 0 Å². The first-order valence-electron chi connectivity index (χ1n) is 7.75. The van der Waals surface area contributed by atoms with Crippen molar-refractivity contribution in [2.45, 2.75) is 50.7 Å². The zero-order valence-corrected chi connectivity index (χ0v) is 12.8. The predicted octanol–water partition coefficient (Wildman–Crippen LogP) is 3.36. The van der Waals surface area contributed by atoms with Gasteiger partial charge in [0.15, 0.2) is 11.3 Å². The van der Waals surface area contributed by atoms with E-state index in [1.165, 1.54) is 0 Å². The number of ether oxygens (including phenoxy) is 1. The zero-order valence-electron chi connectivity index (χ0n) is 12.8. The lowest BCUT2D eigenvalue weighted by Crippen LogP contribution is -2.38. The molecule has 1 aliphatic rings. The van der Waals surface area contributed by atoms with Gasteiger partial charge < -0.3 is 20.2 Å². The molecule has 0 spiro atoms. The van der Waals surface area contributed by atoms with Gasteiger partial charge in [-0.15, -0.1) is 0 Å². The van der Waals surface area contributed by atoms with Crippen molar-refractivity contribution in [3.05, 3.63) is 30.0 Å². The molecule has 1 atom stereocenters. The largest absolute Gasteiger partial charge is 0.493 e. The molecule has 0 amide bonds. The molecule has 0 aliphatic heterocycles. The first-order chi connectivity index (χ1) is 10.2. The molecule has 3 rings (SSSR count). The van der Waals surface area contributed by atoms with Gasteiger partial charge in [0.05, 0.1) is 13.2 Å². The molecule has 1 heterocycles. The fourth-order valence-corrected chi connectivity index (χ4v) is 3.15. The standard InChI is InChI=1S/C17H24N2O2/c1-11(19-14-8-6-13(18)7-9-14)16-10-12-4-3-5-15(20-2)17(12)21-16/h3-5,10-11,13-14,19H,6-9,18H2,1-2H3. The average Bonchev–Trinajstić information content (AvgIpc) is 2.93. The molecule has 3 N–H and O–H groups in total. The number of fused-ring (bicyclic) bond motifs is 1. The van der Waals surface area contributed by atoms with Crippen LogP contribution in [0.4, 0.5) is 0 Å². The molecule has 1 fully saturated rings. The molecule has 0 radical (unpaired) electrons. The molecule has 1 aliphatic carbocycles. The topological polar surface area (TPSA) is 60.4 Å². The van der Waals surface area contributed by atoms with Crippen LogP contribution in [0.25, 0.3) is 11.0 Å². The summed E-state index contributed by atoms with van der Waals surface area (Å²) in [7, 11) is 1.67. The Labute approximate surface area is 125 Å². The van der Waals surface area contributed by atoms with Gasteiger partial charge in [0, 0.05) is 17.5 Å². The first-order valence-corrected chi connectivity index (χ1v) is 7.75. The normalized spacial score (nSPS) is 24.1. The predicted molar refractivity (Wildman–Crippen MR) is 84.5 cm³/mol. The van der Waals surface area contributed by atoms with Crippen LogP contribution in [0.15, 0.2) is 28.7 Å². The van der Waals surface area contributed by atoms with E-state index in [1.54, 1.807) is 7.11 Å². The van der Waals surface area contributed by atoms with Gasteiger partial charge in [0.1, 0.15) is 5.76 Å². The van der Waals surface area contributed by atoms with Crippen molar-refractivity contribution < 1.29 is 9.15 Å². The van der Waals surface area contributed by atoms with Crippen molar-refractivity contribution in [3.8, 4) is 5.75 Å². The molecule has 1 aromatic carbocycles. The second-order valence-electron chi connectivity index (χ2n) is 6.03. The fourth-order valence-electron chi connectivity index (χ4n) is 3.15. The maximum Gasteiger partial charge on any atom is 0.176 e. The van der Waals surface area contributed by atoms with Gasteiger partial charge in [-0.25, -0.2) is 0 Å². The zero-order chi connectivity index (χ0) is 14.8. The lowest BCUT2D eigenvalue weighted by molar-refractivity contribution is 0.307. The van der Waals surface area contributed by atoms with Crippen molar-refractivity contribution in [1.29, 1.82) is 0 Å². The summed E-state index contributed by atoms with van der Waals surface area (Å²) in [5.74, 6) is 1.75. The van der Waals surface area contributed by atoms with Crippen LogP contribution in [0.3, 0.4) is 0 Å². The number of hydrogen-bond acceptors (Lipinski definition) is 4. The van der Waals surface area contributed by atoms with Crippen LogP contribution in [-0.2, 0) is 0 Å². The van der Waals surface area contributed by atoms with E-state index in [0.717, 1.165) is 48.2 Å². The number of nitrogens with two attached hydrogens (primary N) is 1. The minimum absolute atomic E-state index is 0.196. The van der Waals surface area contributed by atoms with E-state index in [0.29, 0.717) is 12.1 Å². The van der Waals surface area contributed by atoms with Crippen molar-refractivity contribution in [2.24, 2.45) is 5.73 Å². The van der Waals surface area contributed by atoms with Gasteiger partial charge in [-0.1, -0.05) is 12.1 Å². The third-order valence-corrected chi connectivity index (χ3v) is 4.43.